The van der Waals surface area contributed by atoms with Gasteiger partial charge in [-0.3, -0.25) is 4.68 Å². The van der Waals surface area contributed by atoms with E-state index in [0.717, 1.165) is 28.7 Å². The maximum atomic E-state index is 13.2. The molecule has 102 valence electrons. The van der Waals surface area contributed by atoms with Crippen molar-refractivity contribution in [1.82, 2.24) is 15.1 Å². The Morgan fingerprint density at radius 2 is 2.05 bits per heavy atom. The summed E-state index contributed by atoms with van der Waals surface area (Å²) in [7, 11) is 1.92. The van der Waals surface area contributed by atoms with E-state index in [4.69, 9.17) is 0 Å². The molecule has 0 amide bonds. The van der Waals surface area contributed by atoms with Crippen molar-refractivity contribution in [2.45, 2.75) is 26.4 Å². The van der Waals surface area contributed by atoms with Crippen molar-refractivity contribution < 1.29 is 4.39 Å². The SMILES string of the molecule is CCc1nn(C)cc1CNCc1cc(F)ccc1Br. The largest absolute Gasteiger partial charge is 0.308 e. The van der Waals surface area contributed by atoms with Crippen LogP contribution in [0.15, 0.2) is 28.9 Å². The monoisotopic (exact) mass is 325 g/mol. The number of aromatic nitrogens is 2. The molecule has 0 aliphatic carbocycles. The van der Waals surface area contributed by atoms with Gasteiger partial charge in [0.25, 0.3) is 0 Å². The van der Waals surface area contributed by atoms with Gasteiger partial charge in [-0.15, -0.1) is 0 Å². The molecule has 0 saturated carbocycles. The standard InChI is InChI=1S/C14H17BrFN3/c1-3-14-11(9-19(2)18-14)8-17-7-10-6-12(16)4-5-13(10)15/h4-6,9,17H,3,7-8H2,1-2H3. The number of rotatable bonds is 5. The van der Waals surface area contributed by atoms with Crippen LogP contribution >= 0.6 is 15.9 Å². The Hall–Kier alpha value is -1.20. The van der Waals surface area contributed by atoms with Crippen molar-refractivity contribution >= 4 is 15.9 Å². The van der Waals surface area contributed by atoms with Gasteiger partial charge in [-0.1, -0.05) is 22.9 Å². The Bertz CT molecular complexity index is 566. The molecular weight excluding hydrogens is 309 g/mol. The number of halogens is 2. The third kappa shape index (κ3) is 3.64. The Kier molecular flexibility index (Phi) is 4.71. The van der Waals surface area contributed by atoms with Gasteiger partial charge in [0.2, 0.25) is 0 Å². The molecule has 0 spiro atoms. The first kappa shape index (κ1) is 14.2. The zero-order chi connectivity index (χ0) is 13.8. The summed E-state index contributed by atoms with van der Waals surface area (Å²) in [5, 5.41) is 7.72. The van der Waals surface area contributed by atoms with Crippen molar-refractivity contribution in [3.05, 3.63) is 51.5 Å². The molecule has 1 heterocycles. The van der Waals surface area contributed by atoms with Crippen LogP contribution in [0.2, 0.25) is 0 Å². The summed E-state index contributed by atoms with van der Waals surface area (Å²) in [5.41, 5.74) is 3.22. The predicted molar refractivity (Wildman–Crippen MR) is 77.2 cm³/mol. The fourth-order valence-electron chi connectivity index (χ4n) is 2.04. The summed E-state index contributed by atoms with van der Waals surface area (Å²) in [6.45, 7) is 3.45. The smallest absolute Gasteiger partial charge is 0.123 e. The van der Waals surface area contributed by atoms with Gasteiger partial charge < -0.3 is 5.32 Å². The second-order valence-corrected chi connectivity index (χ2v) is 5.32. The normalized spacial score (nSPS) is 10.9. The number of hydrogen-bond donors (Lipinski definition) is 1. The second kappa shape index (κ2) is 6.30. The molecule has 5 heteroatoms. The highest BCUT2D eigenvalue weighted by Crippen LogP contribution is 2.17. The van der Waals surface area contributed by atoms with Crippen molar-refractivity contribution in [1.29, 1.82) is 0 Å². The van der Waals surface area contributed by atoms with E-state index < -0.39 is 0 Å². The van der Waals surface area contributed by atoms with Crippen LogP contribution in [0.5, 0.6) is 0 Å². The first-order chi connectivity index (χ1) is 9.10. The molecule has 0 aliphatic rings. The highest BCUT2D eigenvalue weighted by atomic mass is 79.9. The Labute approximate surface area is 121 Å². The lowest BCUT2D eigenvalue weighted by molar-refractivity contribution is 0.619. The molecule has 2 rings (SSSR count). The first-order valence-electron chi connectivity index (χ1n) is 6.26. The van der Waals surface area contributed by atoms with Crippen LogP contribution in [0, 0.1) is 5.82 Å². The maximum Gasteiger partial charge on any atom is 0.123 e. The molecule has 1 aromatic heterocycles. The molecule has 1 aromatic carbocycles. The summed E-state index contributed by atoms with van der Waals surface area (Å²) in [4.78, 5) is 0. The summed E-state index contributed by atoms with van der Waals surface area (Å²) in [6, 6.07) is 4.72. The van der Waals surface area contributed by atoms with E-state index in [9.17, 15) is 4.39 Å². The van der Waals surface area contributed by atoms with Crippen molar-refractivity contribution in [3.63, 3.8) is 0 Å². The van der Waals surface area contributed by atoms with E-state index in [-0.39, 0.29) is 5.82 Å². The number of nitrogens with zero attached hydrogens (tertiary/aromatic N) is 2. The third-order valence-electron chi connectivity index (χ3n) is 2.97. The molecule has 1 N–H and O–H groups in total. The zero-order valence-corrected chi connectivity index (χ0v) is 12.7. The van der Waals surface area contributed by atoms with E-state index in [1.54, 1.807) is 12.1 Å². The summed E-state index contributed by atoms with van der Waals surface area (Å²) in [5.74, 6) is -0.212. The lowest BCUT2D eigenvalue weighted by Crippen LogP contribution is -2.13. The number of benzene rings is 1. The molecule has 0 saturated heterocycles. The molecule has 0 atom stereocenters. The Morgan fingerprint density at radius 3 is 2.79 bits per heavy atom. The van der Waals surface area contributed by atoms with E-state index in [1.807, 2.05) is 17.9 Å². The fraction of sp³-hybridized carbons (Fsp3) is 0.357. The summed E-state index contributed by atoms with van der Waals surface area (Å²) >= 11 is 3.43. The van der Waals surface area contributed by atoms with Crippen molar-refractivity contribution in [2.24, 2.45) is 7.05 Å². The minimum atomic E-state index is -0.212. The van der Waals surface area contributed by atoms with Gasteiger partial charge in [-0.05, 0) is 30.2 Å². The van der Waals surface area contributed by atoms with Crippen LogP contribution < -0.4 is 5.32 Å². The highest BCUT2D eigenvalue weighted by molar-refractivity contribution is 9.10. The van der Waals surface area contributed by atoms with Gasteiger partial charge in [0.15, 0.2) is 0 Å². The fourth-order valence-corrected chi connectivity index (χ4v) is 2.43. The first-order valence-corrected chi connectivity index (χ1v) is 7.05. The quantitative estimate of drug-likeness (QED) is 0.915. The van der Waals surface area contributed by atoms with Crippen LogP contribution in [-0.2, 0) is 26.6 Å². The van der Waals surface area contributed by atoms with Gasteiger partial charge in [0.05, 0.1) is 5.69 Å². The Balaban J connectivity index is 1.98. The van der Waals surface area contributed by atoms with Crippen LogP contribution in [0.4, 0.5) is 4.39 Å². The van der Waals surface area contributed by atoms with Crippen molar-refractivity contribution in [2.75, 3.05) is 0 Å². The molecule has 3 nitrogen and oxygen atoms in total. The lowest BCUT2D eigenvalue weighted by Gasteiger charge is -2.07. The average Bonchev–Trinajstić information content (AvgIpc) is 2.74. The van der Waals surface area contributed by atoms with Gasteiger partial charge in [0, 0.05) is 36.4 Å². The summed E-state index contributed by atoms with van der Waals surface area (Å²) < 4.78 is 15.9. The van der Waals surface area contributed by atoms with E-state index in [2.05, 4.69) is 33.3 Å². The number of hydrogen-bond acceptors (Lipinski definition) is 2. The molecule has 19 heavy (non-hydrogen) atoms. The van der Waals surface area contributed by atoms with Crippen LogP contribution in [-0.4, -0.2) is 9.78 Å². The molecule has 0 aliphatic heterocycles. The summed E-state index contributed by atoms with van der Waals surface area (Å²) in [6.07, 6.45) is 2.94. The Morgan fingerprint density at radius 1 is 1.32 bits per heavy atom. The van der Waals surface area contributed by atoms with Gasteiger partial charge >= 0.3 is 0 Å². The van der Waals surface area contributed by atoms with E-state index in [0.29, 0.717) is 6.54 Å². The third-order valence-corrected chi connectivity index (χ3v) is 3.74. The number of aryl methyl sites for hydroxylation is 2. The predicted octanol–water partition coefficient (Wildman–Crippen LogP) is 3.17. The van der Waals surface area contributed by atoms with Gasteiger partial charge in [-0.25, -0.2) is 4.39 Å². The van der Waals surface area contributed by atoms with Gasteiger partial charge in [0.1, 0.15) is 5.82 Å². The van der Waals surface area contributed by atoms with E-state index in [1.165, 1.54) is 11.6 Å². The molecule has 2 aromatic rings. The van der Waals surface area contributed by atoms with Crippen LogP contribution in [0.1, 0.15) is 23.7 Å². The highest BCUT2D eigenvalue weighted by Gasteiger charge is 2.06. The second-order valence-electron chi connectivity index (χ2n) is 4.47. The van der Waals surface area contributed by atoms with Crippen molar-refractivity contribution in [3.8, 4) is 0 Å². The zero-order valence-electron chi connectivity index (χ0n) is 11.1. The molecule has 0 bridgehead atoms. The van der Waals surface area contributed by atoms with Gasteiger partial charge in [-0.2, -0.15) is 5.10 Å². The van der Waals surface area contributed by atoms with Crippen LogP contribution in [0.3, 0.4) is 0 Å². The lowest BCUT2D eigenvalue weighted by atomic mass is 10.2. The molecule has 0 fully saturated rings. The minimum Gasteiger partial charge on any atom is -0.308 e. The number of nitrogens with one attached hydrogen (secondary N) is 1. The van der Waals surface area contributed by atoms with E-state index >= 15 is 0 Å². The minimum absolute atomic E-state index is 0.212. The topological polar surface area (TPSA) is 29.9 Å². The maximum absolute atomic E-state index is 13.2. The van der Waals surface area contributed by atoms with Crippen LogP contribution in [0.25, 0.3) is 0 Å². The molecular formula is C14H17BrFN3. The molecule has 0 radical (unpaired) electrons. The molecule has 0 unspecified atom stereocenters. The average molecular weight is 326 g/mol.